The van der Waals surface area contributed by atoms with Gasteiger partial charge in [0.25, 0.3) is 5.56 Å². The van der Waals surface area contributed by atoms with Gasteiger partial charge >= 0.3 is 5.97 Å². The molecule has 1 aliphatic rings. The molecule has 0 spiro atoms. The fourth-order valence-corrected chi connectivity index (χ4v) is 7.07. The molecule has 33 heavy (non-hydrogen) atoms. The van der Waals surface area contributed by atoms with Gasteiger partial charge in [0.2, 0.25) is 5.91 Å². The van der Waals surface area contributed by atoms with Gasteiger partial charge < -0.3 is 10.1 Å². The zero-order valence-electron chi connectivity index (χ0n) is 18.5. The molecular weight excluding hydrogens is 478 g/mol. The first kappa shape index (κ1) is 23.8. The van der Waals surface area contributed by atoms with Gasteiger partial charge in [-0.05, 0) is 55.2 Å². The van der Waals surface area contributed by atoms with Gasteiger partial charge in [-0.25, -0.2) is 4.98 Å². The van der Waals surface area contributed by atoms with Crippen LogP contribution in [-0.2, 0) is 20.7 Å². The number of nitrogens with one attached hydrogen (secondary N) is 1. The molecule has 10 heteroatoms. The number of hydrogen-bond acceptors (Lipinski definition) is 8. The Labute approximate surface area is 204 Å². The summed E-state index contributed by atoms with van der Waals surface area (Å²) >= 11 is 4.61. The monoisotopic (exact) mass is 503 g/mol. The van der Waals surface area contributed by atoms with E-state index in [1.54, 1.807) is 27.7 Å². The van der Waals surface area contributed by atoms with Crippen molar-refractivity contribution < 1.29 is 14.3 Å². The Morgan fingerprint density at radius 1 is 1.33 bits per heavy atom. The van der Waals surface area contributed by atoms with Gasteiger partial charge in [-0.1, -0.05) is 23.9 Å². The third-order valence-corrected chi connectivity index (χ3v) is 8.72. The smallest absolute Gasteiger partial charge is 0.305 e. The lowest BCUT2D eigenvalue weighted by molar-refractivity contribution is -0.140. The highest BCUT2D eigenvalue weighted by Crippen LogP contribution is 2.40. The van der Waals surface area contributed by atoms with Crippen molar-refractivity contribution in [2.45, 2.75) is 42.0 Å². The van der Waals surface area contributed by atoms with Crippen molar-refractivity contribution in [3.63, 3.8) is 0 Å². The van der Waals surface area contributed by atoms with Gasteiger partial charge in [-0.3, -0.25) is 19.0 Å². The van der Waals surface area contributed by atoms with E-state index >= 15 is 0 Å². The molecule has 2 aromatic heterocycles. The minimum absolute atomic E-state index is 0.0772. The Bertz CT molecular complexity index is 1250. The number of esters is 1. The molecule has 1 aliphatic heterocycles. The maximum absolute atomic E-state index is 13.7. The van der Waals surface area contributed by atoms with E-state index in [-0.39, 0.29) is 29.6 Å². The highest BCUT2D eigenvalue weighted by molar-refractivity contribution is 8.01. The van der Waals surface area contributed by atoms with Gasteiger partial charge in [0.05, 0.1) is 28.1 Å². The third kappa shape index (κ3) is 5.44. The van der Waals surface area contributed by atoms with Gasteiger partial charge in [0.15, 0.2) is 5.16 Å². The van der Waals surface area contributed by atoms with Crippen LogP contribution in [0.5, 0.6) is 0 Å². The summed E-state index contributed by atoms with van der Waals surface area (Å²) in [7, 11) is 1.35. The number of hydrogen-bond donors (Lipinski definition) is 1. The van der Waals surface area contributed by atoms with Crippen LogP contribution in [0.15, 0.2) is 38.4 Å². The lowest BCUT2D eigenvalue weighted by Gasteiger charge is -2.14. The third-order valence-electron chi connectivity index (χ3n) is 5.26. The van der Waals surface area contributed by atoms with E-state index in [1.807, 2.05) is 31.2 Å². The number of carbonyl (C=O) groups excluding carboxylic acids is 2. The number of nitrogens with zero attached hydrogens (tertiary/aromatic N) is 2. The zero-order valence-corrected chi connectivity index (χ0v) is 21.0. The fourth-order valence-electron chi connectivity index (χ4n) is 3.66. The second-order valence-corrected chi connectivity index (χ2v) is 11.0. The number of ether oxygens (including phenoxy) is 1. The summed E-state index contributed by atoms with van der Waals surface area (Å²) in [6.45, 7) is 2.37. The predicted octanol–water partition coefficient (Wildman–Crippen LogP) is 3.96. The molecule has 1 aromatic carbocycles. The Hall–Kier alpha value is -2.30. The van der Waals surface area contributed by atoms with Crippen molar-refractivity contribution in [1.82, 2.24) is 14.9 Å². The zero-order chi connectivity index (χ0) is 23.4. The van der Waals surface area contributed by atoms with E-state index < -0.39 is 0 Å². The Morgan fingerprint density at radius 2 is 2.18 bits per heavy atom. The summed E-state index contributed by atoms with van der Waals surface area (Å²) in [5.74, 6) is 0.719. The minimum Gasteiger partial charge on any atom is -0.469 e. The first-order valence-corrected chi connectivity index (χ1v) is 13.5. The molecule has 0 saturated carbocycles. The van der Waals surface area contributed by atoms with Crippen LogP contribution >= 0.6 is 34.9 Å². The summed E-state index contributed by atoms with van der Waals surface area (Å²) in [6.07, 6.45) is 2.73. The molecule has 3 heterocycles. The molecular formula is C23H25N3O4S3. The van der Waals surface area contributed by atoms with Crippen molar-refractivity contribution in [2.75, 3.05) is 25.2 Å². The van der Waals surface area contributed by atoms with Crippen LogP contribution in [0.25, 0.3) is 15.9 Å². The van der Waals surface area contributed by atoms with Crippen LogP contribution in [0.1, 0.15) is 30.4 Å². The number of benzene rings is 1. The van der Waals surface area contributed by atoms with Gasteiger partial charge in [-0.2, -0.15) is 0 Å². The van der Waals surface area contributed by atoms with Crippen LogP contribution in [0.4, 0.5) is 0 Å². The van der Waals surface area contributed by atoms with Crippen molar-refractivity contribution >= 4 is 57.0 Å². The molecule has 0 unspecified atom stereocenters. The molecule has 7 nitrogen and oxygen atoms in total. The lowest BCUT2D eigenvalue weighted by atomic mass is 10.1. The van der Waals surface area contributed by atoms with Crippen LogP contribution in [-0.4, -0.2) is 46.6 Å². The molecule has 174 valence electrons. The van der Waals surface area contributed by atoms with E-state index in [0.29, 0.717) is 23.5 Å². The quantitative estimate of drug-likeness (QED) is 0.215. The summed E-state index contributed by atoms with van der Waals surface area (Å²) < 4.78 is 7.42. The molecule has 0 atom stereocenters. The van der Waals surface area contributed by atoms with Gasteiger partial charge in [0, 0.05) is 13.0 Å². The lowest BCUT2D eigenvalue weighted by Crippen LogP contribution is -2.27. The van der Waals surface area contributed by atoms with Gasteiger partial charge in [-0.15, -0.1) is 23.1 Å². The van der Waals surface area contributed by atoms with Crippen molar-refractivity contribution in [3.05, 3.63) is 45.7 Å². The number of carbonyl (C=O) groups is 2. The summed E-state index contributed by atoms with van der Waals surface area (Å²) in [6, 6.07) is 7.76. The Morgan fingerprint density at radius 3 is 2.97 bits per heavy atom. The second kappa shape index (κ2) is 10.8. The predicted molar refractivity (Wildman–Crippen MR) is 134 cm³/mol. The fraction of sp³-hybridized carbons (Fsp3) is 0.391. The molecule has 0 aliphatic carbocycles. The largest absolute Gasteiger partial charge is 0.469 e. The number of amides is 1. The van der Waals surface area contributed by atoms with E-state index in [1.165, 1.54) is 23.1 Å². The normalized spacial score (nSPS) is 13.0. The molecule has 1 amide bonds. The van der Waals surface area contributed by atoms with E-state index in [9.17, 15) is 14.4 Å². The maximum atomic E-state index is 13.7. The number of aryl methyl sites for hydroxylation is 2. The number of methoxy groups -OCH3 is 1. The van der Waals surface area contributed by atoms with Crippen LogP contribution in [0.3, 0.4) is 0 Å². The van der Waals surface area contributed by atoms with Crippen LogP contribution in [0.2, 0.25) is 0 Å². The number of aromatic nitrogens is 2. The Kier molecular flexibility index (Phi) is 7.77. The summed E-state index contributed by atoms with van der Waals surface area (Å²) in [5.41, 5.74) is 2.83. The summed E-state index contributed by atoms with van der Waals surface area (Å²) in [5, 5.41) is 4.02. The average molecular weight is 504 g/mol. The summed E-state index contributed by atoms with van der Waals surface area (Å²) in [4.78, 5) is 42.9. The number of thioether (sulfide) groups is 2. The standard InChI is InChI=1S/C23H25N3O4S3/c1-14-6-3-7-15(12-14)26-21(29)19-16-8-5-11-31-22(16)33-20(19)25-23(26)32-13-17(27)24-10-4-9-18(28)30-2/h3,6-7,12H,4-5,8-11,13H2,1-2H3,(H,24,27). The first-order chi connectivity index (χ1) is 16.0. The van der Waals surface area contributed by atoms with Gasteiger partial charge in [0.1, 0.15) is 4.83 Å². The highest BCUT2D eigenvalue weighted by Gasteiger charge is 2.23. The van der Waals surface area contributed by atoms with Crippen molar-refractivity contribution in [3.8, 4) is 5.69 Å². The number of fused-ring (bicyclic) bond motifs is 3. The molecule has 1 N–H and O–H groups in total. The Balaban J connectivity index is 1.61. The number of thiophene rings is 1. The minimum atomic E-state index is -0.296. The first-order valence-electron chi connectivity index (χ1n) is 10.7. The molecule has 0 bridgehead atoms. The van der Waals surface area contributed by atoms with Crippen LogP contribution in [0, 0.1) is 6.92 Å². The van der Waals surface area contributed by atoms with E-state index in [4.69, 9.17) is 4.98 Å². The SMILES string of the molecule is COC(=O)CCCNC(=O)CSc1nc2sc3c(c2c(=O)n1-c1cccc(C)c1)CCCS3. The molecule has 0 fully saturated rings. The van der Waals surface area contributed by atoms with Crippen LogP contribution < -0.4 is 10.9 Å². The maximum Gasteiger partial charge on any atom is 0.305 e. The van der Waals surface area contributed by atoms with E-state index in [0.717, 1.165) is 40.2 Å². The van der Waals surface area contributed by atoms with Crippen molar-refractivity contribution in [1.29, 1.82) is 0 Å². The second-order valence-electron chi connectivity index (χ2n) is 7.69. The van der Waals surface area contributed by atoms with E-state index in [2.05, 4.69) is 10.1 Å². The molecule has 4 rings (SSSR count). The molecule has 0 saturated heterocycles. The topological polar surface area (TPSA) is 90.3 Å². The molecule has 0 radical (unpaired) electrons. The average Bonchev–Trinajstić information content (AvgIpc) is 3.19. The molecule has 3 aromatic rings. The number of rotatable bonds is 8. The van der Waals surface area contributed by atoms with Crippen molar-refractivity contribution in [2.24, 2.45) is 0 Å². The highest BCUT2D eigenvalue weighted by atomic mass is 32.2.